The van der Waals surface area contributed by atoms with Crippen LogP contribution in [0.3, 0.4) is 0 Å². The molecule has 0 aliphatic heterocycles. The van der Waals surface area contributed by atoms with Gasteiger partial charge in [-0.1, -0.05) is 42.5 Å². The molecule has 0 N–H and O–H groups in total. The highest BCUT2D eigenvalue weighted by Gasteiger charge is 2.19. The van der Waals surface area contributed by atoms with E-state index in [9.17, 15) is 0 Å². The molecular weight excluding hydrogens is 328 g/mol. The van der Waals surface area contributed by atoms with Crippen molar-refractivity contribution in [2.75, 3.05) is 0 Å². The van der Waals surface area contributed by atoms with E-state index in [0.717, 1.165) is 39.2 Å². The molecule has 0 saturated carbocycles. The number of para-hydroxylation sites is 1. The number of fused-ring (bicyclic) bond motifs is 1. The molecular formula is C22H14O2S. The number of hydrogen-bond donors (Lipinski definition) is 0. The molecule has 0 amide bonds. The van der Waals surface area contributed by atoms with Gasteiger partial charge in [0.1, 0.15) is 17.1 Å². The summed E-state index contributed by atoms with van der Waals surface area (Å²) in [6, 6.07) is 24.6. The monoisotopic (exact) mass is 342 g/mol. The highest BCUT2D eigenvalue weighted by Crippen LogP contribution is 2.43. The van der Waals surface area contributed by atoms with Crippen molar-refractivity contribution in [3.8, 4) is 33.1 Å². The smallest absolute Gasteiger partial charge is 0.136 e. The molecule has 5 rings (SSSR count). The molecule has 0 unspecified atom stereocenters. The molecule has 120 valence electrons. The maximum atomic E-state index is 6.19. The number of hydrogen-bond acceptors (Lipinski definition) is 3. The zero-order valence-corrected chi connectivity index (χ0v) is 14.1. The van der Waals surface area contributed by atoms with Crippen LogP contribution in [0, 0.1) is 0 Å². The highest BCUT2D eigenvalue weighted by molar-refractivity contribution is 7.13. The first kappa shape index (κ1) is 14.3. The van der Waals surface area contributed by atoms with E-state index in [0.29, 0.717) is 0 Å². The summed E-state index contributed by atoms with van der Waals surface area (Å²) in [7, 11) is 0. The Balaban J connectivity index is 1.83. The summed E-state index contributed by atoms with van der Waals surface area (Å²) in [6.45, 7) is 0. The molecule has 0 radical (unpaired) electrons. The highest BCUT2D eigenvalue weighted by atomic mass is 32.1. The van der Waals surface area contributed by atoms with Gasteiger partial charge in [-0.25, -0.2) is 0 Å². The Morgan fingerprint density at radius 1 is 0.720 bits per heavy atom. The van der Waals surface area contributed by atoms with Crippen molar-refractivity contribution in [1.29, 1.82) is 0 Å². The maximum Gasteiger partial charge on any atom is 0.136 e. The van der Waals surface area contributed by atoms with Crippen LogP contribution >= 0.6 is 11.3 Å². The minimum Gasteiger partial charge on any atom is -0.464 e. The fourth-order valence-corrected chi connectivity index (χ4v) is 3.96. The van der Waals surface area contributed by atoms with Crippen LogP contribution in [0.4, 0.5) is 0 Å². The van der Waals surface area contributed by atoms with Gasteiger partial charge < -0.3 is 8.83 Å². The SMILES string of the molecule is c1coc(-c2cccc(-c3cccs3)c2-c2cc3ccccc3o2)c1. The Kier molecular flexibility index (Phi) is 3.32. The second-order valence-corrected chi connectivity index (χ2v) is 6.78. The summed E-state index contributed by atoms with van der Waals surface area (Å²) >= 11 is 1.73. The van der Waals surface area contributed by atoms with E-state index >= 15 is 0 Å². The minimum absolute atomic E-state index is 0.842. The molecule has 0 aliphatic rings. The van der Waals surface area contributed by atoms with Crippen molar-refractivity contribution in [1.82, 2.24) is 0 Å². The van der Waals surface area contributed by atoms with Crippen LogP contribution in [0.15, 0.2) is 93.3 Å². The molecule has 0 saturated heterocycles. The number of rotatable bonds is 3. The van der Waals surface area contributed by atoms with Crippen molar-refractivity contribution in [2.24, 2.45) is 0 Å². The lowest BCUT2D eigenvalue weighted by Crippen LogP contribution is -1.86. The lowest BCUT2D eigenvalue weighted by molar-refractivity contribution is 0.581. The number of benzene rings is 2. The summed E-state index contributed by atoms with van der Waals surface area (Å²) in [5.74, 6) is 1.70. The van der Waals surface area contributed by atoms with Gasteiger partial charge >= 0.3 is 0 Å². The van der Waals surface area contributed by atoms with Gasteiger partial charge in [-0.3, -0.25) is 0 Å². The van der Waals surface area contributed by atoms with E-state index in [1.807, 2.05) is 30.3 Å². The van der Waals surface area contributed by atoms with Crippen LogP contribution in [0.2, 0.25) is 0 Å². The van der Waals surface area contributed by atoms with Crippen molar-refractivity contribution < 1.29 is 8.83 Å². The molecule has 3 heteroatoms. The summed E-state index contributed by atoms with van der Waals surface area (Å²) in [6.07, 6.45) is 1.70. The standard InChI is InChI=1S/C22H14O2S/c1-2-9-18-15(6-1)14-20(24-18)22-16(19-10-4-12-23-19)7-3-8-17(22)21-11-5-13-25-21/h1-14H. The fourth-order valence-electron chi connectivity index (χ4n) is 3.20. The van der Waals surface area contributed by atoms with Gasteiger partial charge in [-0.2, -0.15) is 0 Å². The van der Waals surface area contributed by atoms with Crippen LogP contribution < -0.4 is 0 Å². The van der Waals surface area contributed by atoms with Crippen molar-refractivity contribution in [3.63, 3.8) is 0 Å². The summed E-state index contributed by atoms with van der Waals surface area (Å²) in [4.78, 5) is 1.21. The Morgan fingerprint density at radius 3 is 2.44 bits per heavy atom. The van der Waals surface area contributed by atoms with E-state index in [1.54, 1.807) is 17.6 Å². The molecule has 0 aliphatic carbocycles. The first-order valence-electron chi connectivity index (χ1n) is 8.10. The summed E-state index contributed by atoms with van der Waals surface area (Å²) < 4.78 is 11.9. The third-order valence-electron chi connectivity index (χ3n) is 4.31. The van der Waals surface area contributed by atoms with Gasteiger partial charge in [0.05, 0.1) is 6.26 Å². The predicted molar refractivity (Wildman–Crippen MR) is 103 cm³/mol. The first-order chi connectivity index (χ1) is 12.4. The van der Waals surface area contributed by atoms with Gasteiger partial charge in [0.15, 0.2) is 0 Å². The molecule has 2 aromatic carbocycles. The maximum absolute atomic E-state index is 6.19. The summed E-state index contributed by atoms with van der Waals surface area (Å²) in [5.41, 5.74) is 4.15. The largest absolute Gasteiger partial charge is 0.464 e. The second kappa shape index (κ2) is 5.80. The van der Waals surface area contributed by atoms with Gasteiger partial charge in [0.2, 0.25) is 0 Å². The third kappa shape index (κ3) is 2.41. The Labute approximate surface area is 149 Å². The quantitative estimate of drug-likeness (QED) is 0.350. The number of thiophene rings is 1. The van der Waals surface area contributed by atoms with Gasteiger partial charge in [-0.05, 0) is 35.7 Å². The van der Waals surface area contributed by atoms with Gasteiger partial charge in [0.25, 0.3) is 0 Å². The molecule has 5 aromatic rings. The lowest BCUT2D eigenvalue weighted by Gasteiger charge is -2.10. The Hall–Kier alpha value is -3.04. The van der Waals surface area contributed by atoms with Crippen molar-refractivity contribution in [3.05, 3.63) is 84.4 Å². The second-order valence-electron chi connectivity index (χ2n) is 5.83. The van der Waals surface area contributed by atoms with E-state index < -0.39 is 0 Å². The molecule has 0 spiro atoms. The summed E-state index contributed by atoms with van der Waals surface area (Å²) in [5, 5.41) is 3.20. The number of furan rings is 2. The predicted octanol–water partition coefficient (Wildman–Crippen LogP) is 7.09. The Bertz CT molecular complexity index is 1050. The fraction of sp³-hybridized carbons (Fsp3) is 0. The Morgan fingerprint density at radius 2 is 1.64 bits per heavy atom. The van der Waals surface area contributed by atoms with Crippen LogP contribution in [0.25, 0.3) is 44.1 Å². The van der Waals surface area contributed by atoms with E-state index in [2.05, 4.69) is 47.8 Å². The molecule has 25 heavy (non-hydrogen) atoms. The average Bonchev–Trinajstić information content (AvgIpc) is 3.42. The lowest BCUT2D eigenvalue weighted by atomic mass is 9.96. The molecule has 0 atom stereocenters. The molecule has 3 aromatic heterocycles. The van der Waals surface area contributed by atoms with Crippen LogP contribution in [0.1, 0.15) is 0 Å². The van der Waals surface area contributed by atoms with Crippen molar-refractivity contribution >= 4 is 22.3 Å². The van der Waals surface area contributed by atoms with Gasteiger partial charge in [-0.15, -0.1) is 11.3 Å². The minimum atomic E-state index is 0.842. The van der Waals surface area contributed by atoms with Crippen LogP contribution in [0.5, 0.6) is 0 Å². The van der Waals surface area contributed by atoms with Crippen LogP contribution in [-0.2, 0) is 0 Å². The zero-order chi connectivity index (χ0) is 16.6. The molecule has 3 heterocycles. The van der Waals surface area contributed by atoms with E-state index in [-0.39, 0.29) is 0 Å². The van der Waals surface area contributed by atoms with Gasteiger partial charge in [0, 0.05) is 27.0 Å². The average molecular weight is 342 g/mol. The topological polar surface area (TPSA) is 26.3 Å². The molecule has 0 bridgehead atoms. The van der Waals surface area contributed by atoms with Crippen LogP contribution in [-0.4, -0.2) is 0 Å². The zero-order valence-electron chi connectivity index (χ0n) is 13.3. The first-order valence-corrected chi connectivity index (χ1v) is 8.98. The van der Waals surface area contributed by atoms with E-state index in [1.165, 1.54) is 4.88 Å². The van der Waals surface area contributed by atoms with Crippen molar-refractivity contribution in [2.45, 2.75) is 0 Å². The van der Waals surface area contributed by atoms with E-state index in [4.69, 9.17) is 8.83 Å². The molecule has 0 fully saturated rings. The third-order valence-corrected chi connectivity index (χ3v) is 5.21. The molecule has 2 nitrogen and oxygen atoms in total. The normalized spacial score (nSPS) is 11.2.